The van der Waals surface area contributed by atoms with E-state index in [0.717, 1.165) is 40.2 Å². The predicted molar refractivity (Wildman–Crippen MR) is 215 cm³/mol. The van der Waals surface area contributed by atoms with Crippen molar-refractivity contribution in [2.24, 2.45) is 5.92 Å². The van der Waals surface area contributed by atoms with Crippen LogP contribution < -0.4 is 0 Å². The molecule has 1 unspecified atom stereocenters. The summed E-state index contributed by atoms with van der Waals surface area (Å²) < 4.78 is 4.77. The second kappa shape index (κ2) is 11.9. The van der Waals surface area contributed by atoms with Crippen molar-refractivity contribution in [2.75, 3.05) is 0 Å². The third-order valence-corrected chi connectivity index (χ3v) is 10.4. The number of aromatic nitrogens is 3. The minimum atomic E-state index is 0.560. The Balaban J connectivity index is 1.21. The molecule has 1 atom stereocenters. The molecule has 3 nitrogen and oxygen atoms in total. The van der Waals surface area contributed by atoms with E-state index in [1.165, 1.54) is 54.8 Å². The van der Waals surface area contributed by atoms with Crippen LogP contribution in [0.5, 0.6) is 0 Å². The van der Waals surface area contributed by atoms with Crippen LogP contribution in [-0.2, 0) is 0 Å². The van der Waals surface area contributed by atoms with Gasteiger partial charge in [-0.15, -0.1) is 0 Å². The molecule has 0 radical (unpaired) electrons. The van der Waals surface area contributed by atoms with E-state index in [1.807, 2.05) is 0 Å². The highest BCUT2D eigenvalue weighted by molar-refractivity contribution is 6.26. The van der Waals surface area contributed by atoms with Gasteiger partial charge in [-0.05, 0) is 95.3 Å². The van der Waals surface area contributed by atoms with Gasteiger partial charge in [-0.1, -0.05) is 122 Å². The normalized spacial score (nSPS) is 14.5. The number of nitrogens with zero attached hydrogens (tertiary/aromatic N) is 3. The summed E-state index contributed by atoms with van der Waals surface area (Å²) in [5, 5.41) is 4.94. The largest absolute Gasteiger partial charge is 0.309 e. The van der Waals surface area contributed by atoms with E-state index in [1.54, 1.807) is 0 Å². The van der Waals surface area contributed by atoms with Gasteiger partial charge >= 0.3 is 0 Å². The number of pyridine rings is 1. The van der Waals surface area contributed by atoms with E-state index in [4.69, 9.17) is 4.98 Å². The third kappa shape index (κ3) is 4.85. The molecule has 242 valence electrons. The minimum Gasteiger partial charge on any atom is -0.309 e. The highest BCUT2D eigenvalue weighted by Gasteiger charge is 2.21. The van der Waals surface area contributed by atoms with Crippen LogP contribution in [0, 0.1) is 5.92 Å². The Morgan fingerprint density at radius 1 is 0.529 bits per heavy atom. The molecule has 3 heteroatoms. The van der Waals surface area contributed by atoms with Gasteiger partial charge in [-0.3, -0.25) is 4.57 Å². The summed E-state index contributed by atoms with van der Waals surface area (Å²) in [6.45, 7) is 2.27. The molecule has 0 spiro atoms. The molecule has 10 rings (SSSR count). The number of allylic oxidation sites excluding steroid dienone is 4. The maximum absolute atomic E-state index is 5.44. The van der Waals surface area contributed by atoms with Crippen LogP contribution in [0.3, 0.4) is 0 Å². The second-order valence-electron chi connectivity index (χ2n) is 13.7. The maximum atomic E-state index is 5.44. The first-order valence-corrected chi connectivity index (χ1v) is 17.8. The van der Waals surface area contributed by atoms with E-state index in [-0.39, 0.29) is 0 Å². The van der Waals surface area contributed by atoms with Gasteiger partial charge in [0.15, 0.2) is 0 Å². The fourth-order valence-corrected chi connectivity index (χ4v) is 7.99. The molecular formula is C48H35N3. The Morgan fingerprint density at radius 3 is 2.00 bits per heavy atom. The smallest absolute Gasteiger partial charge is 0.138 e. The van der Waals surface area contributed by atoms with Crippen molar-refractivity contribution in [1.82, 2.24) is 14.1 Å². The van der Waals surface area contributed by atoms with Gasteiger partial charge < -0.3 is 4.57 Å². The average Bonchev–Trinajstić information content (AvgIpc) is 3.72. The van der Waals surface area contributed by atoms with E-state index in [2.05, 4.69) is 192 Å². The Hall–Kier alpha value is -6.45. The average molecular weight is 654 g/mol. The van der Waals surface area contributed by atoms with Gasteiger partial charge in [0.25, 0.3) is 0 Å². The van der Waals surface area contributed by atoms with E-state index >= 15 is 0 Å². The second-order valence-corrected chi connectivity index (χ2v) is 13.7. The fraction of sp³-hybridized carbons (Fsp3) is 0.0625. The zero-order valence-electron chi connectivity index (χ0n) is 28.4. The van der Waals surface area contributed by atoms with Gasteiger partial charge in [-0.2, -0.15) is 0 Å². The Morgan fingerprint density at radius 2 is 1.22 bits per heavy atom. The monoisotopic (exact) mass is 653 g/mol. The van der Waals surface area contributed by atoms with E-state index in [9.17, 15) is 0 Å². The molecule has 51 heavy (non-hydrogen) atoms. The lowest BCUT2D eigenvalue weighted by atomic mass is 9.90. The van der Waals surface area contributed by atoms with Gasteiger partial charge in [0.2, 0.25) is 0 Å². The summed E-state index contributed by atoms with van der Waals surface area (Å²) in [4.78, 5) is 5.44. The molecule has 0 saturated carbocycles. The Labute approximate surface area is 297 Å². The van der Waals surface area contributed by atoms with E-state index < -0.39 is 0 Å². The lowest BCUT2D eigenvalue weighted by molar-refractivity contribution is 0.739. The zero-order valence-corrected chi connectivity index (χ0v) is 28.4. The first-order chi connectivity index (χ1) is 25.2. The molecule has 0 aliphatic heterocycles. The zero-order chi connectivity index (χ0) is 33.9. The summed E-state index contributed by atoms with van der Waals surface area (Å²) in [6.07, 6.45) is 8.02. The fourth-order valence-electron chi connectivity index (χ4n) is 7.99. The van der Waals surface area contributed by atoms with E-state index in [0.29, 0.717) is 5.92 Å². The molecule has 0 fully saturated rings. The van der Waals surface area contributed by atoms with Crippen molar-refractivity contribution in [3.05, 3.63) is 182 Å². The highest BCUT2D eigenvalue weighted by Crippen LogP contribution is 2.42. The molecule has 0 saturated heterocycles. The summed E-state index contributed by atoms with van der Waals surface area (Å²) in [6, 6.07) is 56.8. The van der Waals surface area contributed by atoms with Crippen LogP contribution in [0.15, 0.2) is 176 Å². The van der Waals surface area contributed by atoms with Crippen molar-refractivity contribution in [3.8, 4) is 33.9 Å². The number of benzene rings is 6. The summed E-state index contributed by atoms with van der Waals surface area (Å²) in [7, 11) is 0. The lowest BCUT2D eigenvalue weighted by Crippen LogP contribution is -1.99. The quantitative estimate of drug-likeness (QED) is 0.181. The van der Waals surface area contributed by atoms with Crippen molar-refractivity contribution in [3.63, 3.8) is 0 Å². The molecule has 0 bridgehead atoms. The molecule has 0 N–H and O–H groups in total. The van der Waals surface area contributed by atoms with Crippen molar-refractivity contribution < 1.29 is 0 Å². The maximum Gasteiger partial charge on any atom is 0.138 e. The Kier molecular flexibility index (Phi) is 6.85. The SMILES string of the molecule is CC1C=CC(c2cc(-c3ccccc3)cc(-c3cccc(-n4c5ccccc5c5c4ccc4c6ccccc6n(-c6ccccc6)c45)n3)c2)=CC1. The van der Waals surface area contributed by atoms with Crippen LogP contribution in [-0.4, -0.2) is 14.1 Å². The Bertz CT molecular complexity index is 2830. The molecule has 6 aromatic carbocycles. The topological polar surface area (TPSA) is 22.8 Å². The van der Waals surface area contributed by atoms with Gasteiger partial charge in [0.1, 0.15) is 5.82 Å². The summed E-state index contributed by atoms with van der Waals surface area (Å²) in [5.41, 5.74) is 12.8. The minimum absolute atomic E-state index is 0.560. The molecule has 3 heterocycles. The van der Waals surface area contributed by atoms with Crippen molar-refractivity contribution >= 4 is 49.2 Å². The molecule has 1 aliphatic rings. The number of rotatable bonds is 5. The molecule has 3 aromatic heterocycles. The molecule has 9 aromatic rings. The van der Waals surface area contributed by atoms with Crippen molar-refractivity contribution in [1.29, 1.82) is 0 Å². The van der Waals surface area contributed by atoms with Gasteiger partial charge in [0, 0.05) is 32.8 Å². The molecule has 1 aliphatic carbocycles. The van der Waals surface area contributed by atoms with Crippen LogP contribution in [0.2, 0.25) is 0 Å². The van der Waals surface area contributed by atoms with Gasteiger partial charge in [-0.25, -0.2) is 4.98 Å². The number of para-hydroxylation sites is 3. The number of hydrogen-bond acceptors (Lipinski definition) is 1. The molecule has 0 amide bonds. The summed E-state index contributed by atoms with van der Waals surface area (Å²) in [5.74, 6) is 1.46. The third-order valence-electron chi connectivity index (χ3n) is 10.4. The predicted octanol–water partition coefficient (Wildman–Crippen LogP) is 12.6. The van der Waals surface area contributed by atoms with Crippen LogP contribution >= 0.6 is 0 Å². The highest BCUT2D eigenvalue weighted by atomic mass is 15.1. The number of hydrogen-bond donors (Lipinski definition) is 0. The summed E-state index contributed by atoms with van der Waals surface area (Å²) >= 11 is 0. The van der Waals surface area contributed by atoms with Crippen LogP contribution in [0.4, 0.5) is 0 Å². The van der Waals surface area contributed by atoms with Crippen LogP contribution in [0.25, 0.3) is 83.1 Å². The van der Waals surface area contributed by atoms with Crippen LogP contribution in [0.1, 0.15) is 18.9 Å². The number of fused-ring (bicyclic) bond motifs is 7. The first-order valence-electron chi connectivity index (χ1n) is 17.8. The van der Waals surface area contributed by atoms with Crippen molar-refractivity contribution in [2.45, 2.75) is 13.3 Å². The molecular weight excluding hydrogens is 619 g/mol. The lowest BCUT2D eigenvalue weighted by Gasteiger charge is -2.16. The standard InChI is InChI=1S/C48H35N3/c1-32-23-25-34(26-24-32)36-29-35(33-13-4-2-5-14-33)30-37(31-36)42-19-12-22-46(49-42)51-44-21-11-9-18-41(44)47-45(51)28-27-40-39-17-8-10-20-43(39)50(48(40)47)38-15-6-3-7-16-38/h2-23,25-32H,24H2,1H3. The van der Waals surface area contributed by atoms with Gasteiger partial charge in [0.05, 0.1) is 27.8 Å². The first kappa shape index (κ1) is 29.5.